The molecule has 0 N–H and O–H groups in total. The van der Waals surface area contributed by atoms with Crippen LogP contribution in [0.3, 0.4) is 0 Å². The van der Waals surface area contributed by atoms with E-state index in [4.69, 9.17) is 18.9 Å². The van der Waals surface area contributed by atoms with Crippen LogP contribution >= 0.6 is 11.8 Å². The van der Waals surface area contributed by atoms with Gasteiger partial charge < -0.3 is 18.9 Å². The fraction of sp³-hybridized carbons (Fsp3) is 0.353. The fourth-order valence-electron chi connectivity index (χ4n) is 2.31. The van der Waals surface area contributed by atoms with Crippen LogP contribution in [0.2, 0.25) is 0 Å². The van der Waals surface area contributed by atoms with E-state index in [9.17, 15) is 14.4 Å². The first-order valence-corrected chi connectivity index (χ1v) is 8.47. The normalized spacial score (nSPS) is 15.4. The van der Waals surface area contributed by atoms with Gasteiger partial charge in [0.05, 0.1) is 32.8 Å². The average molecular weight is 381 g/mol. The topological polar surface area (TPSA) is 91.4 Å². The Kier molecular flexibility index (Phi) is 6.51. The molecule has 8 nitrogen and oxygen atoms in total. The molecule has 1 fully saturated rings. The largest absolute Gasteiger partial charge is 0.493 e. The number of carbonyl (C=O) groups is 3. The number of ether oxygens (including phenoxy) is 4. The van der Waals surface area contributed by atoms with Crippen LogP contribution in [0.1, 0.15) is 12.5 Å². The molecule has 2 amide bonds. The minimum Gasteiger partial charge on any atom is -0.493 e. The standard InChI is InChI=1S/C17H19NO7S/c1-5-25-14(19)9-18-16(20)13(26-17(18)21)8-10-6-11(22-2)15(24-4)12(7-10)23-3/h6-8H,5,9H2,1-4H3/b13-8+. The number of methoxy groups -OCH3 is 3. The second-order valence-electron chi connectivity index (χ2n) is 5.03. The summed E-state index contributed by atoms with van der Waals surface area (Å²) in [6, 6.07) is 3.31. The molecule has 0 saturated carbocycles. The fourth-order valence-corrected chi connectivity index (χ4v) is 3.15. The van der Waals surface area contributed by atoms with Gasteiger partial charge in [-0.05, 0) is 42.5 Å². The first-order chi connectivity index (χ1) is 12.4. The van der Waals surface area contributed by atoms with E-state index < -0.39 is 23.7 Å². The van der Waals surface area contributed by atoms with E-state index in [0.29, 0.717) is 22.8 Å². The third-order valence-electron chi connectivity index (χ3n) is 3.45. The number of imide groups is 1. The number of esters is 1. The maximum atomic E-state index is 12.4. The summed E-state index contributed by atoms with van der Waals surface area (Å²) < 4.78 is 20.6. The van der Waals surface area contributed by atoms with Gasteiger partial charge in [0.2, 0.25) is 5.75 Å². The molecule has 0 aliphatic carbocycles. The molecule has 0 spiro atoms. The average Bonchev–Trinajstić information content (AvgIpc) is 2.88. The van der Waals surface area contributed by atoms with Crippen molar-refractivity contribution in [1.29, 1.82) is 0 Å². The molecule has 1 heterocycles. The third-order valence-corrected chi connectivity index (χ3v) is 4.36. The van der Waals surface area contributed by atoms with Gasteiger partial charge in [0, 0.05) is 0 Å². The number of benzene rings is 1. The molecule has 1 aliphatic rings. The maximum absolute atomic E-state index is 12.4. The highest BCUT2D eigenvalue weighted by molar-refractivity contribution is 8.18. The monoisotopic (exact) mass is 381 g/mol. The summed E-state index contributed by atoms with van der Waals surface area (Å²) in [5, 5.41) is -0.526. The van der Waals surface area contributed by atoms with Gasteiger partial charge in [0.25, 0.3) is 11.1 Å². The summed E-state index contributed by atoms with van der Waals surface area (Å²) in [6.45, 7) is 1.41. The molecule has 0 unspecified atom stereocenters. The van der Waals surface area contributed by atoms with Crippen molar-refractivity contribution in [3.8, 4) is 17.2 Å². The van der Waals surface area contributed by atoms with E-state index in [0.717, 1.165) is 16.7 Å². The quantitative estimate of drug-likeness (QED) is 0.525. The van der Waals surface area contributed by atoms with Gasteiger partial charge in [-0.1, -0.05) is 0 Å². The molecule has 0 atom stereocenters. The highest BCUT2D eigenvalue weighted by atomic mass is 32.2. The Labute approximate surface area is 155 Å². The lowest BCUT2D eigenvalue weighted by molar-refractivity contribution is -0.145. The Morgan fingerprint density at radius 3 is 2.23 bits per heavy atom. The number of thioether (sulfide) groups is 1. The van der Waals surface area contributed by atoms with E-state index in [1.54, 1.807) is 19.1 Å². The van der Waals surface area contributed by atoms with Crippen molar-refractivity contribution < 1.29 is 33.3 Å². The number of nitrogens with zero attached hydrogens (tertiary/aromatic N) is 1. The molecule has 0 bridgehead atoms. The molecule has 9 heteroatoms. The summed E-state index contributed by atoms with van der Waals surface area (Å²) in [5.74, 6) is 0.0703. The Morgan fingerprint density at radius 2 is 1.73 bits per heavy atom. The first kappa shape index (κ1) is 19.6. The van der Waals surface area contributed by atoms with Gasteiger partial charge in [-0.15, -0.1) is 0 Å². The molecule has 140 valence electrons. The molecular weight excluding hydrogens is 362 g/mol. The van der Waals surface area contributed by atoms with E-state index in [1.165, 1.54) is 27.4 Å². The van der Waals surface area contributed by atoms with E-state index in [-0.39, 0.29) is 11.5 Å². The van der Waals surface area contributed by atoms with Gasteiger partial charge in [-0.25, -0.2) is 0 Å². The molecule has 1 aromatic carbocycles. The lowest BCUT2D eigenvalue weighted by Crippen LogP contribution is -2.34. The van der Waals surface area contributed by atoms with Crippen LogP contribution in [0.25, 0.3) is 6.08 Å². The van der Waals surface area contributed by atoms with Crippen molar-refractivity contribution in [2.75, 3.05) is 34.5 Å². The lowest BCUT2D eigenvalue weighted by atomic mass is 10.1. The molecule has 1 aliphatic heterocycles. The molecule has 2 rings (SSSR count). The van der Waals surface area contributed by atoms with Crippen molar-refractivity contribution in [3.05, 3.63) is 22.6 Å². The van der Waals surface area contributed by atoms with Crippen molar-refractivity contribution in [3.63, 3.8) is 0 Å². The molecule has 0 aromatic heterocycles. The zero-order valence-electron chi connectivity index (χ0n) is 14.9. The van der Waals surface area contributed by atoms with Crippen LogP contribution in [-0.4, -0.2) is 56.5 Å². The lowest BCUT2D eigenvalue weighted by Gasteiger charge is -2.13. The minimum atomic E-state index is -0.635. The Bertz CT molecular complexity index is 734. The van der Waals surface area contributed by atoms with Crippen molar-refractivity contribution in [2.24, 2.45) is 0 Å². The van der Waals surface area contributed by atoms with Crippen LogP contribution < -0.4 is 14.2 Å². The van der Waals surface area contributed by atoms with Gasteiger partial charge >= 0.3 is 5.97 Å². The van der Waals surface area contributed by atoms with E-state index >= 15 is 0 Å². The number of rotatable bonds is 7. The second-order valence-corrected chi connectivity index (χ2v) is 6.02. The van der Waals surface area contributed by atoms with Crippen molar-refractivity contribution in [2.45, 2.75) is 6.92 Å². The number of hydrogen-bond donors (Lipinski definition) is 0. The molecule has 0 radical (unpaired) electrons. The minimum absolute atomic E-state index is 0.177. The highest BCUT2D eigenvalue weighted by Crippen LogP contribution is 2.40. The van der Waals surface area contributed by atoms with Gasteiger partial charge in [-0.2, -0.15) is 0 Å². The Hall–Kier alpha value is -2.68. The predicted molar refractivity (Wildman–Crippen MR) is 95.4 cm³/mol. The van der Waals surface area contributed by atoms with Gasteiger partial charge in [0.1, 0.15) is 6.54 Å². The summed E-state index contributed by atoms with van der Waals surface area (Å²) in [7, 11) is 4.45. The molecule has 1 saturated heterocycles. The zero-order chi connectivity index (χ0) is 19.3. The third kappa shape index (κ3) is 4.10. The zero-order valence-corrected chi connectivity index (χ0v) is 15.7. The predicted octanol–water partition coefficient (Wildman–Crippen LogP) is 2.31. The van der Waals surface area contributed by atoms with Crippen LogP contribution in [0.15, 0.2) is 17.0 Å². The smallest absolute Gasteiger partial charge is 0.326 e. The van der Waals surface area contributed by atoms with Crippen molar-refractivity contribution >= 4 is 35.0 Å². The number of carbonyl (C=O) groups excluding carboxylic acids is 3. The van der Waals surface area contributed by atoms with Crippen LogP contribution in [0, 0.1) is 0 Å². The van der Waals surface area contributed by atoms with Crippen LogP contribution in [0.5, 0.6) is 17.2 Å². The summed E-state index contributed by atoms with van der Waals surface area (Å²) in [4.78, 5) is 37.0. The van der Waals surface area contributed by atoms with E-state index in [2.05, 4.69) is 0 Å². The Balaban J connectivity index is 2.31. The Morgan fingerprint density at radius 1 is 1.12 bits per heavy atom. The van der Waals surface area contributed by atoms with Gasteiger partial charge in [-0.3, -0.25) is 19.3 Å². The van der Waals surface area contributed by atoms with Crippen molar-refractivity contribution in [1.82, 2.24) is 4.90 Å². The second kappa shape index (κ2) is 8.61. The number of hydrogen-bond acceptors (Lipinski definition) is 8. The number of amides is 2. The summed E-state index contributed by atoms with van der Waals surface area (Å²) >= 11 is 0.751. The molecular formula is C17H19NO7S. The van der Waals surface area contributed by atoms with Gasteiger partial charge in [0.15, 0.2) is 11.5 Å². The van der Waals surface area contributed by atoms with Crippen LogP contribution in [-0.2, 0) is 14.3 Å². The van der Waals surface area contributed by atoms with Crippen LogP contribution in [0.4, 0.5) is 4.79 Å². The molecule has 1 aromatic rings. The highest BCUT2D eigenvalue weighted by Gasteiger charge is 2.36. The summed E-state index contributed by atoms with van der Waals surface area (Å²) in [6.07, 6.45) is 1.53. The SMILES string of the molecule is CCOC(=O)CN1C(=O)S/C(=C/c2cc(OC)c(OC)c(OC)c2)C1=O. The maximum Gasteiger partial charge on any atom is 0.326 e. The first-order valence-electron chi connectivity index (χ1n) is 7.66. The van der Waals surface area contributed by atoms with E-state index in [1.807, 2.05) is 0 Å². The summed E-state index contributed by atoms with van der Waals surface area (Å²) in [5.41, 5.74) is 0.584. The molecule has 26 heavy (non-hydrogen) atoms.